The number of aromatic nitrogens is 3. The average molecular weight is 326 g/mol. The molecule has 0 amide bonds. The van der Waals surface area contributed by atoms with Gasteiger partial charge in [-0.1, -0.05) is 48.2 Å². The van der Waals surface area contributed by atoms with Gasteiger partial charge in [0.1, 0.15) is 0 Å². The van der Waals surface area contributed by atoms with Crippen molar-refractivity contribution in [1.29, 1.82) is 5.26 Å². The average Bonchev–Trinajstić information content (AvgIpc) is 3.19. The highest BCUT2D eigenvalue weighted by molar-refractivity contribution is 8.00. The van der Waals surface area contributed by atoms with E-state index in [0.717, 1.165) is 15.9 Å². The van der Waals surface area contributed by atoms with Crippen LogP contribution in [-0.2, 0) is 6.54 Å². The molecule has 110 valence electrons. The predicted molar refractivity (Wildman–Crippen MR) is 89.8 cm³/mol. The Morgan fingerprint density at radius 3 is 2.73 bits per heavy atom. The highest BCUT2D eigenvalue weighted by Gasteiger charge is 2.17. The first-order valence-corrected chi connectivity index (χ1v) is 8.61. The molecule has 0 aliphatic carbocycles. The largest absolute Gasteiger partial charge is 0.297 e. The Morgan fingerprint density at radius 2 is 2.05 bits per heavy atom. The summed E-state index contributed by atoms with van der Waals surface area (Å²) in [7, 11) is 0. The lowest BCUT2D eigenvalue weighted by Gasteiger charge is -2.10. The van der Waals surface area contributed by atoms with E-state index in [0.29, 0.717) is 6.54 Å². The quantitative estimate of drug-likeness (QED) is 0.664. The van der Waals surface area contributed by atoms with Gasteiger partial charge in [-0.25, -0.2) is 0 Å². The second-order valence-electron chi connectivity index (χ2n) is 4.74. The van der Waals surface area contributed by atoms with Gasteiger partial charge in [-0.15, -0.1) is 21.5 Å². The Hall–Kier alpha value is -2.10. The van der Waals surface area contributed by atoms with Crippen molar-refractivity contribution in [3.63, 3.8) is 0 Å². The molecule has 1 atom stereocenters. The molecule has 0 N–H and O–H groups in total. The predicted octanol–water partition coefficient (Wildman–Crippen LogP) is 4.06. The third-order valence-electron chi connectivity index (χ3n) is 3.11. The number of rotatable bonds is 5. The lowest BCUT2D eigenvalue weighted by Crippen LogP contribution is -2.05. The van der Waals surface area contributed by atoms with Gasteiger partial charge in [0.2, 0.25) is 0 Å². The van der Waals surface area contributed by atoms with Crippen molar-refractivity contribution in [3.8, 4) is 16.8 Å². The van der Waals surface area contributed by atoms with E-state index in [1.54, 1.807) is 11.3 Å². The Morgan fingerprint density at radius 1 is 1.23 bits per heavy atom. The van der Waals surface area contributed by atoms with Crippen molar-refractivity contribution < 1.29 is 0 Å². The number of benzene rings is 1. The maximum atomic E-state index is 9.04. The van der Waals surface area contributed by atoms with Gasteiger partial charge in [-0.05, 0) is 23.9 Å². The van der Waals surface area contributed by atoms with Crippen LogP contribution in [0.4, 0.5) is 0 Å². The summed E-state index contributed by atoms with van der Waals surface area (Å²) in [6, 6.07) is 16.5. The molecule has 3 aromatic rings. The maximum absolute atomic E-state index is 9.04. The third kappa shape index (κ3) is 3.21. The van der Waals surface area contributed by atoms with Crippen molar-refractivity contribution >= 4 is 23.1 Å². The number of hydrogen-bond donors (Lipinski definition) is 0. The van der Waals surface area contributed by atoms with Crippen LogP contribution in [0.1, 0.15) is 12.5 Å². The van der Waals surface area contributed by atoms with Gasteiger partial charge in [0.05, 0.1) is 22.7 Å². The Balaban J connectivity index is 1.99. The Bertz CT molecular complexity index is 772. The van der Waals surface area contributed by atoms with E-state index >= 15 is 0 Å². The molecule has 1 aromatic carbocycles. The van der Waals surface area contributed by atoms with Crippen LogP contribution >= 0.6 is 23.1 Å². The summed E-state index contributed by atoms with van der Waals surface area (Å²) in [5.41, 5.74) is 1.19. The van der Waals surface area contributed by atoms with Crippen LogP contribution in [0.15, 0.2) is 53.0 Å². The van der Waals surface area contributed by atoms with Crippen LogP contribution in [0.2, 0.25) is 0 Å². The molecule has 0 fully saturated rings. The van der Waals surface area contributed by atoms with Crippen LogP contribution in [0, 0.1) is 11.3 Å². The normalized spacial score (nSPS) is 12.0. The number of hydrogen-bond acceptors (Lipinski definition) is 5. The van der Waals surface area contributed by atoms with Crippen LogP contribution in [0.3, 0.4) is 0 Å². The van der Waals surface area contributed by atoms with Crippen LogP contribution in [0.5, 0.6) is 0 Å². The molecule has 0 saturated carbocycles. The third-order valence-corrected chi connectivity index (χ3v) is 4.94. The number of nitrogens with zero attached hydrogens (tertiary/aromatic N) is 4. The molecule has 0 bridgehead atoms. The second-order valence-corrected chi connectivity index (χ2v) is 7.00. The van der Waals surface area contributed by atoms with Crippen molar-refractivity contribution in [2.75, 3.05) is 0 Å². The summed E-state index contributed by atoms with van der Waals surface area (Å²) in [6.45, 7) is 2.57. The summed E-state index contributed by atoms with van der Waals surface area (Å²) in [5, 5.41) is 20.3. The highest BCUT2D eigenvalue weighted by Crippen LogP contribution is 2.29. The Kier molecular flexibility index (Phi) is 4.56. The van der Waals surface area contributed by atoms with Crippen LogP contribution < -0.4 is 0 Å². The van der Waals surface area contributed by atoms with Gasteiger partial charge in [0.25, 0.3) is 0 Å². The summed E-state index contributed by atoms with van der Waals surface area (Å²) in [6.07, 6.45) is 0. The van der Waals surface area contributed by atoms with Crippen LogP contribution in [-0.4, -0.2) is 20.0 Å². The molecule has 0 saturated heterocycles. The van der Waals surface area contributed by atoms with E-state index in [4.69, 9.17) is 5.26 Å². The van der Waals surface area contributed by atoms with E-state index in [2.05, 4.69) is 33.0 Å². The van der Waals surface area contributed by atoms with E-state index in [1.807, 2.05) is 42.6 Å². The summed E-state index contributed by atoms with van der Waals surface area (Å²) in [4.78, 5) is 1.08. The van der Waals surface area contributed by atoms with E-state index < -0.39 is 0 Å². The standard InChI is InChI=1S/C16H14N4S2/c1-12(10-17)22-16-19-18-15(14-8-5-9-21-14)20(16)11-13-6-3-2-4-7-13/h2-9,12H,11H2,1H3. The second kappa shape index (κ2) is 6.77. The first-order chi connectivity index (χ1) is 10.8. The monoisotopic (exact) mass is 326 g/mol. The van der Waals surface area contributed by atoms with Crippen molar-refractivity contribution in [2.24, 2.45) is 0 Å². The molecule has 0 radical (unpaired) electrons. The van der Waals surface area contributed by atoms with Gasteiger partial charge in [0, 0.05) is 0 Å². The smallest absolute Gasteiger partial charge is 0.193 e. The summed E-state index contributed by atoms with van der Waals surface area (Å²) < 4.78 is 2.08. The van der Waals surface area contributed by atoms with E-state index in [1.165, 1.54) is 17.3 Å². The van der Waals surface area contributed by atoms with Crippen molar-refractivity contribution in [1.82, 2.24) is 14.8 Å². The van der Waals surface area contributed by atoms with E-state index in [-0.39, 0.29) is 5.25 Å². The molecule has 4 nitrogen and oxygen atoms in total. The highest BCUT2D eigenvalue weighted by atomic mass is 32.2. The molecule has 0 aliphatic rings. The molecule has 22 heavy (non-hydrogen) atoms. The lowest BCUT2D eigenvalue weighted by molar-refractivity contribution is 0.715. The summed E-state index contributed by atoms with van der Waals surface area (Å²) in [5.74, 6) is 0.853. The number of thiophene rings is 1. The SMILES string of the molecule is CC(C#N)Sc1nnc(-c2cccs2)n1Cc1ccccc1. The van der Waals surface area contributed by atoms with Gasteiger partial charge >= 0.3 is 0 Å². The fraction of sp³-hybridized carbons (Fsp3) is 0.188. The number of nitriles is 1. The molecular formula is C16H14N4S2. The molecule has 2 aromatic heterocycles. The molecule has 0 spiro atoms. The van der Waals surface area contributed by atoms with E-state index in [9.17, 15) is 0 Å². The fourth-order valence-corrected chi connectivity index (χ4v) is 3.51. The fourth-order valence-electron chi connectivity index (χ4n) is 2.06. The first kappa shape index (κ1) is 14.8. The molecule has 0 aliphatic heterocycles. The van der Waals surface area contributed by atoms with Gasteiger partial charge in [-0.3, -0.25) is 4.57 Å². The molecule has 3 rings (SSSR count). The van der Waals surface area contributed by atoms with Crippen molar-refractivity contribution in [3.05, 3.63) is 53.4 Å². The van der Waals surface area contributed by atoms with Gasteiger partial charge in [0.15, 0.2) is 11.0 Å². The van der Waals surface area contributed by atoms with Gasteiger partial charge < -0.3 is 0 Å². The minimum atomic E-state index is -0.157. The topological polar surface area (TPSA) is 54.5 Å². The van der Waals surface area contributed by atoms with Crippen LogP contribution in [0.25, 0.3) is 10.7 Å². The number of thioether (sulfide) groups is 1. The summed E-state index contributed by atoms with van der Waals surface area (Å²) >= 11 is 3.08. The minimum absolute atomic E-state index is 0.157. The zero-order valence-corrected chi connectivity index (χ0v) is 13.6. The molecule has 6 heteroatoms. The van der Waals surface area contributed by atoms with Crippen molar-refractivity contribution in [2.45, 2.75) is 23.9 Å². The zero-order chi connectivity index (χ0) is 15.4. The maximum Gasteiger partial charge on any atom is 0.193 e. The zero-order valence-electron chi connectivity index (χ0n) is 12.0. The molecule has 1 unspecified atom stereocenters. The minimum Gasteiger partial charge on any atom is -0.297 e. The molecule has 2 heterocycles. The lowest BCUT2D eigenvalue weighted by atomic mass is 10.2. The van der Waals surface area contributed by atoms with Gasteiger partial charge in [-0.2, -0.15) is 5.26 Å². The first-order valence-electron chi connectivity index (χ1n) is 6.85. The Labute approximate surface area is 137 Å². The molecular weight excluding hydrogens is 312 g/mol.